The van der Waals surface area contributed by atoms with Gasteiger partial charge in [-0.25, -0.2) is 4.68 Å². The Morgan fingerprint density at radius 3 is 2.56 bits per heavy atom. The monoisotopic (exact) mass is 218 g/mol. The summed E-state index contributed by atoms with van der Waals surface area (Å²) in [4.78, 5) is 4.20. The number of benzene rings is 1. The van der Waals surface area contributed by atoms with Crippen molar-refractivity contribution in [1.82, 2.24) is 14.8 Å². The maximum absolute atomic E-state index is 5.58. The Morgan fingerprint density at radius 1 is 1.31 bits per heavy atom. The third-order valence-electron chi connectivity index (χ3n) is 2.34. The fraction of sp³-hybridized carbons (Fsp3) is 0.273. The number of hydrogen-bond donors (Lipinski definition) is 1. The van der Waals surface area contributed by atoms with Crippen LogP contribution in [-0.4, -0.2) is 21.9 Å². The number of nitrogens with two attached hydrogens (primary N) is 1. The van der Waals surface area contributed by atoms with Gasteiger partial charge in [0.1, 0.15) is 5.75 Å². The van der Waals surface area contributed by atoms with Crippen LogP contribution in [0.3, 0.4) is 0 Å². The third-order valence-corrected chi connectivity index (χ3v) is 2.34. The molecular formula is C11H14N4O. The molecule has 0 saturated carbocycles. The molecule has 84 valence electrons. The second kappa shape index (κ2) is 4.22. The summed E-state index contributed by atoms with van der Waals surface area (Å²) in [6, 6.07) is 7.66. The second-order valence-electron chi connectivity index (χ2n) is 3.34. The molecule has 16 heavy (non-hydrogen) atoms. The molecule has 0 aliphatic rings. The van der Waals surface area contributed by atoms with Crippen LogP contribution >= 0.6 is 0 Å². The molecule has 5 heteroatoms. The molecule has 0 atom stereocenters. The van der Waals surface area contributed by atoms with Gasteiger partial charge in [-0.05, 0) is 31.2 Å². The van der Waals surface area contributed by atoms with E-state index in [1.807, 2.05) is 31.2 Å². The van der Waals surface area contributed by atoms with E-state index in [4.69, 9.17) is 10.5 Å². The summed E-state index contributed by atoms with van der Waals surface area (Å²) < 4.78 is 6.87. The van der Waals surface area contributed by atoms with E-state index in [1.165, 1.54) is 0 Å². The van der Waals surface area contributed by atoms with Crippen LogP contribution in [0.2, 0.25) is 0 Å². The molecule has 1 aromatic carbocycles. The first kappa shape index (κ1) is 10.5. The number of aryl methyl sites for hydroxylation is 1. The van der Waals surface area contributed by atoms with Crippen LogP contribution in [0.15, 0.2) is 24.3 Å². The Balaban J connectivity index is 2.41. The van der Waals surface area contributed by atoms with Gasteiger partial charge >= 0.3 is 0 Å². The number of hydrogen-bond acceptors (Lipinski definition) is 4. The summed E-state index contributed by atoms with van der Waals surface area (Å²) in [6.45, 7) is 2.74. The molecule has 1 heterocycles. The van der Waals surface area contributed by atoms with Gasteiger partial charge in [0, 0.05) is 12.1 Å². The average Bonchev–Trinajstić information content (AvgIpc) is 2.70. The van der Waals surface area contributed by atoms with E-state index in [0.717, 1.165) is 23.7 Å². The van der Waals surface area contributed by atoms with Crippen molar-refractivity contribution in [3.8, 4) is 17.1 Å². The van der Waals surface area contributed by atoms with Crippen molar-refractivity contribution in [3.63, 3.8) is 0 Å². The number of ether oxygens (including phenoxy) is 1. The highest BCUT2D eigenvalue weighted by molar-refractivity contribution is 5.57. The Morgan fingerprint density at radius 2 is 2.00 bits per heavy atom. The average molecular weight is 218 g/mol. The first-order valence-electron chi connectivity index (χ1n) is 5.09. The Kier molecular flexibility index (Phi) is 2.76. The molecule has 0 aliphatic heterocycles. The van der Waals surface area contributed by atoms with Crippen LogP contribution in [0.1, 0.15) is 6.92 Å². The van der Waals surface area contributed by atoms with E-state index in [-0.39, 0.29) is 0 Å². The first-order chi connectivity index (χ1) is 7.74. The molecule has 0 radical (unpaired) electrons. The number of nitrogen functional groups attached to an aromatic ring is 1. The van der Waals surface area contributed by atoms with Crippen molar-refractivity contribution < 1.29 is 4.74 Å². The van der Waals surface area contributed by atoms with Gasteiger partial charge in [0.15, 0.2) is 5.82 Å². The number of methoxy groups -OCH3 is 1. The van der Waals surface area contributed by atoms with Gasteiger partial charge in [-0.2, -0.15) is 4.98 Å². The smallest absolute Gasteiger partial charge is 0.240 e. The van der Waals surface area contributed by atoms with Crippen molar-refractivity contribution in [2.75, 3.05) is 12.8 Å². The van der Waals surface area contributed by atoms with Crippen molar-refractivity contribution in [2.45, 2.75) is 13.5 Å². The number of anilines is 1. The number of aromatic nitrogens is 3. The molecule has 0 spiro atoms. The molecule has 0 fully saturated rings. The summed E-state index contributed by atoms with van der Waals surface area (Å²) in [6.07, 6.45) is 0. The van der Waals surface area contributed by atoms with Crippen LogP contribution < -0.4 is 10.5 Å². The zero-order chi connectivity index (χ0) is 11.5. The number of nitrogens with zero attached hydrogens (tertiary/aromatic N) is 3. The largest absolute Gasteiger partial charge is 0.497 e. The van der Waals surface area contributed by atoms with Crippen molar-refractivity contribution in [1.29, 1.82) is 0 Å². The van der Waals surface area contributed by atoms with Gasteiger partial charge < -0.3 is 10.5 Å². The van der Waals surface area contributed by atoms with E-state index in [2.05, 4.69) is 10.1 Å². The van der Waals surface area contributed by atoms with Crippen molar-refractivity contribution >= 4 is 5.95 Å². The van der Waals surface area contributed by atoms with Gasteiger partial charge in [-0.15, -0.1) is 5.10 Å². The standard InChI is InChI=1S/C11H14N4O/c1-3-15-10(13-11(12)14-15)8-4-6-9(16-2)7-5-8/h4-7H,3H2,1-2H3,(H2,12,14). The predicted octanol–water partition coefficient (Wildman–Crippen LogP) is 1.56. The maximum Gasteiger partial charge on any atom is 0.240 e. The molecule has 0 saturated heterocycles. The Bertz CT molecular complexity index is 475. The summed E-state index contributed by atoms with van der Waals surface area (Å²) in [5.41, 5.74) is 6.56. The summed E-state index contributed by atoms with van der Waals surface area (Å²) in [7, 11) is 1.64. The number of rotatable bonds is 3. The molecular weight excluding hydrogens is 204 g/mol. The fourth-order valence-electron chi connectivity index (χ4n) is 1.53. The molecule has 5 nitrogen and oxygen atoms in total. The lowest BCUT2D eigenvalue weighted by atomic mass is 10.2. The molecule has 1 aromatic heterocycles. The summed E-state index contributed by atoms with van der Waals surface area (Å²) in [5.74, 6) is 1.90. The quantitative estimate of drug-likeness (QED) is 0.848. The van der Waals surface area contributed by atoms with Crippen LogP contribution in [0, 0.1) is 0 Å². The van der Waals surface area contributed by atoms with Gasteiger partial charge in [-0.3, -0.25) is 0 Å². The van der Waals surface area contributed by atoms with Crippen molar-refractivity contribution in [2.24, 2.45) is 0 Å². The van der Waals surface area contributed by atoms with Crippen LogP contribution in [0.5, 0.6) is 5.75 Å². The predicted molar refractivity (Wildman–Crippen MR) is 62.1 cm³/mol. The van der Waals surface area contributed by atoms with E-state index in [9.17, 15) is 0 Å². The summed E-state index contributed by atoms with van der Waals surface area (Å²) in [5, 5.41) is 4.10. The lowest BCUT2D eigenvalue weighted by Crippen LogP contribution is -1.99. The molecule has 2 aromatic rings. The molecule has 0 aliphatic carbocycles. The SMILES string of the molecule is CCn1nc(N)nc1-c1ccc(OC)cc1. The van der Waals surface area contributed by atoms with E-state index >= 15 is 0 Å². The van der Waals surface area contributed by atoms with Gasteiger partial charge in [0.25, 0.3) is 0 Å². The minimum absolute atomic E-state index is 0.299. The Hall–Kier alpha value is -2.04. The van der Waals surface area contributed by atoms with E-state index in [0.29, 0.717) is 5.95 Å². The zero-order valence-electron chi connectivity index (χ0n) is 9.34. The molecule has 0 unspecified atom stereocenters. The van der Waals surface area contributed by atoms with Gasteiger partial charge in [0.05, 0.1) is 7.11 Å². The Labute approximate surface area is 93.9 Å². The zero-order valence-corrected chi connectivity index (χ0v) is 9.34. The minimum atomic E-state index is 0.299. The fourth-order valence-corrected chi connectivity index (χ4v) is 1.53. The van der Waals surface area contributed by atoms with E-state index < -0.39 is 0 Å². The lowest BCUT2D eigenvalue weighted by molar-refractivity contribution is 0.415. The van der Waals surface area contributed by atoms with E-state index in [1.54, 1.807) is 11.8 Å². The molecule has 0 amide bonds. The third kappa shape index (κ3) is 1.84. The highest BCUT2D eigenvalue weighted by atomic mass is 16.5. The molecule has 2 rings (SSSR count). The molecule has 2 N–H and O–H groups in total. The highest BCUT2D eigenvalue weighted by Gasteiger charge is 2.08. The topological polar surface area (TPSA) is 66.0 Å². The van der Waals surface area contributed by atoms with Crippen LogP contribution in [-0.2, 0) is 6.54 Å². The lowest BCUT2D eigenvalue weighted by Gasteiger charge is -2.03. The van der Waals surface area contributed by atoms with Crippen molar-refractivity contribution in [3.05, 3.63) is 24.3 Å². The first-order valence-corrected chi connectivity index (χ1v) is 5.09. The second-order valence-corrected chi connectivity index (χ2v) is 3.34. The van der Waals surface area contributed by atoms with Gasteiger partial charge in [0.2, 0.25) is 5.95 Å². The summed E-state index contributed by atoms with van der Waals surface area (Å²) >= 11 is 0. The minimum Gasteiger partial charge on any atom is -0.497 e. The normalized spacial score (nSPS) is 10.4. The molecule has 0 bridgehead atoms. The maximum atomic E-state index is 5.58. The highest BCUT2D eigenvalue weighted by Crippen LogP contribution is 2.21. The van der Waals surface area contributed by atoms with Crippen LogP contribution in [0.4, 0.5) is 5.95 Å². The van der Waals surface area contributed by atoms with Gasteiger partial charge in [-0.1, -0.05) is 0 Å². The van der Waals surface area contributed by atoms with Crippen LogP contribution in [0.25, 0.3) is 11.4 Å².